The Labute approximate surface area is 127 Å². The lowest BCUT2D eigenvalue weighted by molar-refractivity contribution is 0.102. The van der Waals surface area contributed by atoms with E-state index < -0.39 is 0 Å². The molecular weight excluding hydrogens is 286 g/mol. The van der Waals surface area contributed by atoms with Crippen molar-refractivity contribution in [1.82, 2.24) is 9.38 Å². The molecule has 1 aromatic carbocycles. The van der Waals surface area contributed by atoms with Crippen LogP contribution in [0.5, 0.6) is 0 Å². The molecule has 0 aliphatic carbocycles. The van der Waals surface area contributed by atoms with Crippen LogP contribution in [0.25, 0.3) is 5.65 Å². The van der Waals surface area contributed by atoms with Crippen molar-refractivity contribution in [2.24, 2.45) is 0 Å². The van der Waals surface area contributed by atoms with E-state index in [0.29, 0.717) is 22.8 Å². The van der Waals surface area contributed by atoms with E-state index in [4.69, 9.17) is 11.6 Å². The number of hydrogen-bond donors (Lipinski definition) is 1. The number of nitrogens with one attached hydrogen (secondary N) is 1. The second-order valence-electron chi connectivity index (χ2n) is 4.62. The zero-order valence-corrected chi connectivity index (χ0v) is 12.3. The van der Waals surface area contributed by atoms with Gasteiger partial charge in [0.1, 0.15) is 11.3 Å². The van der Waals surface area contributed by atoms with Gasteiger partial charge in [-0.25, -0.2) is 4.98 Å². The minimum Gasteiger partial charge on any atom is -0.319 e. The fraction of sp³-hybridized carbons (Fsp3) is 0.125. The highest BCUT2D eigenvalue weighted by molar-refractivity contribution is 6.33. The Hall–Kier alpha value is -2.33. The summed E-state index contributed by atoms with van der Waals surface area (Å²) in [6.07, 6.45) is 2.52. The van der Waals surface area contributed by atoms with Crippen LogP contribution in [0.15, 0.2) is 48.7 Å². The van der Waals surface area contributed by atoms with Crippen LogP contribution in [0, 0.1) is 0 Å². The van der Waals surface area contributed by atoms with Gasteiger partial charge in [-0.15, -0.1) is 0 Å². The number of carbonyl (C=O) groups excluding carboxylic acids is 1. The van der Waals surface area contributed by atoms with Crippen molar-refractivity contribution in [3.63, 3.8) is 0 Å². The first-order valence-corrected chi connectivity index (χ1v) is 7.10. The van der Waals surface area contributed by atoms with Crippen molar-refractivity contribution in [2.45, 2.75) is 13.3 Å². The number of imidazole rings is 1. The van der Waals surface area contributed by atoms with Crippen LogP contribution in [-0.2, 0) is 6.42 Å². The zero-order valence-electron chi connectivity index (χ0n) is 11.5. The van der Waals surface area contributed by atoms with Crippen molar-refractivity contribution >= 4 is 28.8 Å². The number of anilines is 1. The Balaban J connectivity index is 2.03. The van der Waals surface area contributed by atoms with Crippen LogP contribution in [0.4, 0.5) is 5.69 Å². The molecule has 1 N–H and O–H groups in total. The summed E-state index contributed by atoms with van der Waals surface area (Å²) in [6.45, 7) is 1.98. The summed E-state index contributed by atoms with van der Waals surface area (Å²) in [5.41, 5.74) is 2.68. The first kappa shape index (κ1) is 13.6. The van der Waals surface area contributed by atoms with Crippen molar-refractivity contribution in [3.8, 4) is 0 Å². The fourth-order valence-electron chi connectivity index (χ4n) is 2.28. The zero-order chi connectivity index (χ0) is 14.8. The predicted octanol–water partition coefficient (Wildman–Crippen LogP) is 3.80. The van der Waals surface area contributed by atoms with Gasteiger partial charge in [-0.05, 0) is 30.7 Å². The number of benzene rings is 1. The van der Waals surface area contributed by atoms with Crippen LogP contribution in [0.3, 0.4) is 0 Å². The summed E-state index contributed by atoms with van der Waals surface area (Å²) in [4.78, 5) is 17.1. The lowest BCUT2D eigenvalue weighted by atomic mass is 10.2. The molecule has 0 saturated heterocycles. The summed E-state index contributed by atoms with van der Waals surface area (Å²) in [7, 11) is 0. The first-order chi connectivity index (χ1) is 10.2. The van der Waals surface area contributed by atoms with Crippen LogP contribution in [0.2, 0.25) is 5.02 Å². The van der Waals surface area contributed by atoms with Crippen molar-refractivity contribution in [3.05, 3.63) is 65.1 Å². The Morgan fingerprint density at radius 2 is 2.00 bits per heavy atom. The third-order valence-corrected chi connectivity index (χ3v) is 3.60. The Morgan fingerprint density at radius 3 is 2.76 bits per heavy atom. The van der Waals surface area contributed by atoms with Gasteiger partial charge in [-0.1, -0.05) is 36.7 Å². The number of pyridine rings is 1. The molecule has 1 amide bonds. The summed E-state index contributed by atoms with van der Waals surface area (Å²) < 4.78 is 1.80. The smallest absolute Gasteiger partial charge is 0.274 e. The van der Waals surface area contributed by atoms with Gasteiger partial charge < -0.3 is 5.32 Å². The lowest BCUT2D eigenvalue weighted by Crippen LogP contribution is -2.16. The topological polar surface area (TPSA) is 46.4 Å². The van der Waals surface area contributed by atoms with E-state index in [2.05, 4.69) is 10.3 Å². The second kappa shape index (κ2) is 5.58. The number of aryl methyl sites for hydroxylation is 1. The molecule has 0 atom stereocenters. The third-order valence-electron chi connectivity index (χ3n) is 3.27. The highest BCUT2D eigenvalue weighted by Gasteiger charge is 2.18. The van der Waals surface area contributed by atoms with E-state index in [0.717, 1.165) is 11.3 Å². The van der Waals surface area contributed by atoms with Gasteiger partial charge in [0.05, 0.1) is 16.4 Å². The molecule has 0 fully saturated rings. The standard InChI is InChI=1S/C16H14ClN3O/c1-2-12-15(20-10-6-5-9-14(20)18-12)16(21)19-13-8-4-3-7-11(13)17/h3-10H,2H2,1H3,(H,19,21). The van der Waals surface area contributed by atoms with Crippen molar-refractivity contribution in [2.75, 3.05) is 5.32 Å². The number of hydrogen-bond acceptors (Lipinski definition) is 2. The number of rotatable bonds is 3. The number of fused-ring (bicyclic) bond motifs is 1. The van der Waals surface area contributed by atoms with E-state index >= 15 is 0 Å². The minimum atomic E-state index is -0.210. The van der Waals surface area contributed by atoms with Crippen LogP contribution in [-0.4, -0.2) is 15.3 Å². The lowest BCUT2D eigenvalue weighted by Gasteiger charge is -2.08. The highest BCUT2D eigenvalue weighted by atomic mass is 35.5. The molecule has 0 radical (unpaired) electrons. The van der Waals surface area contributed by atoms with Gasteiger partial charge in [0, 0.05) is 6.20 Å². The molecule has 0 aliphatic heterocycles. The van der Waals surface area contributed by atoms with Gasteiger partial charge in [0.25, 0.3) is 5.91 Å². The molecule has 2 heterocycles. The third kappa shape index (κ3) is 2.50. The van der Waals surface area contributed by atoms with E-state index in [9.17, 15) is 4.79 Å². The average molecular weight is 300 g/mol. The number of carbonyl (C=O) groups is 1. The molecule has 0 aliphatic rings. The van der Waals surface area contributed by atoms with Gasteiger partial charge >= 0.3 is 0 Å². The predicted molar refractivity (Wildman–Crippen MR) is 84.0 cm³/mol. The number of para-hydroxylation sites is 1. The van der Waals surface area contributed by atoms with Crippen molar-refractivity contribution < 1.29 is 4.79 Å². The van der Waals surface area contributed by atoms with Gasteiger partial charge in [0.15, 0.2) is 0 Å². The van der Waals surface area contributed by atoms with E-state index in [1.54, 1.807) is 16.5 Å². The monoisotopic (exact) mass is 299 g/mol. The maximum atomic E-state index is 12.6. The number of halogens is 1. The molecule has 5 heteroatoms. The highest BCUT2D eigenvalue weighted by Crippen LogP contribution is 2.22. The minimum absolute atomic E-state index is 0.210. The molecule has 0 saturated carbocycles. The molecule has 3 rings (SSSR count). The largest absolute Gasteiger partial charge is 0.319 e. The number of nitrogens with zero attached hydrogens (tertiary/aromatic N) is 2. The molecule has 2 aromatic heterocycles. The molecule has 21 heavy (non-hydrogen) atoms. The summed E-state index contributed by atoms with van der Waals surface area (Å²) in [5, 5.41) is 3.36. The molecule has 4 nitrogen and oxygen atoms in total. The van der Waals surface area contributed by atoms with E-state index in [-0.39, 0.29) is 5.91 Å². The first-order valence-electron chi connectivity index (χ1n) is 6.72. The van der Waals surface area contributed by atoms with E-state index in [1.807, 2.05) is 43.5 Å². The molecule has 0 unspecified atom stereocenters. The quantitative estimate of drug-likeness (QED) is 0.799. The molecule has 0 spiro atoms. The summed E-state index contributed by atoms with van der Waals surface area (Å²) in [5.74, 6) is -0.210. The molecule has 106 valence electrons. The van der Waals surface area contributed by atoms with Crippen molar-refractivity contribution in [1.29, 1.82) is 0 Å². The molecular formula is C16H14ClN3O. The molecule has 0 bridgehead atoms. The van der Waals surface area contributed by atoms with Gasteiger partial charge in [-0.3, -0.25) is 9.20 Å². The fourth-order valence-corrected chi connectivity index (χ4v) is 2.46. The van der Waals surface area contributed by atoms with Crippen LogP contribution < -0.4 is 5.32 Å². The SMILES string of the molecule is CCc1nc2ccccn2c1C(=O)Nc1ccccc1Cl. The normalized spacial score (nSPS) is 10.8. The van der Waals surface area contributed by atoms with Gasteiger partial charge in [-0.2, -0.15) is 0 Å². The average Bonchev–Trinajstić information content (AvgIpc) is 2.88. The summed E-state index contributed by atoms with van der Waals surface area (Å²) in [6, 6.07) is 12.8. The Morgan fingerprint density at radius 1 is 1.24 bits per heavy atom. The maximum absolute atomic E-state index is 12.6. The number of amides is 1. The Kier molecular flexibility index (Phi) is 3.62. The Bertz CT molecular complexity index is 810. The second-order valence-corrected chi connectivity index (χ2v) is 5.03. The maximum Gasteiger partial charge on any atom is 0.274 e. The number of aromatic nitrogens is 2. The summed E-state index contributed by atoms with van der Waals surface area (Å²) >= 11 is 6.08. The van der Waals surface area contributed by atoms with Crippen LogP contribution >= 0.6 is 11.6 Å². The van der Waals surface area contributed by atoms with Crippen LogP contribution in [0.1, 0.15) is 23.1 Å². The van der Waals surface area contributed by atoms with Gasteiger partial charge in [0.2, 0.25) is 0 Å². The van der Waals surface area contributed by atoms with E-state index in [1.165, 1.54) is 0 Å². The molecule has 3 aromatic rings.